The molecule has 0 aromatic rings. The maximum atomic E-state index is 10.7. The molecule has 0 spiro atoms. The molecule has 2 rings (SSSR count). The van der Waals surface area contributed by atoms with Gasteiger partial charge in [-0.25, -0.2) is 4.79 Å². The number of fused-ring (bicyclic) bond motifs is 1. The van der Waals surface area contributed by atoms with Crippen molar-refractivity contribution in [1.82, 2.24) is 5.32 Å². The van der Waals surface area contributed by atoms with Crippen LogP contribution >= 0.6 is 12.2 Å². The molecule has 6 heteroatoms. The summed E-state index contributed by atoms with van der Waals surface area (Å²) in [6, 6.07) is -0.483. The second kappa shape index (κ2) is 2.03. The van der Waals surface area contributed by atoms with E-state index in [1.165, 1.54) is 6.20 Å². The number of amidine groups is 1. The van der Waals surface area contributed by atoms with E-state index in [0.29, 0.717) is 16.4 Å². The number of amides is 2. The summed E-state index contributed by atoms with van der Waals surface area (Å²) >= 11 is 4.82. The lowest BCUT2D eigenvalue weighted by Crippen LogP contribution is -2.34. The Morgan fingerprint density at radius 3 is 3.18 bits per heavy atom. The zero-order chi connectivity index (χ0) is 7.84. The first-order chi connectivity index (χ1) is 5.27. The molecule has 11 heavy (non-hydrogen) atoms. The second-order valence-electron chi connectivity index (χ2n) is 1.95. The molecule has 0 saturated carbocycles. The minimum atomic E-state index is -0.483. The van der Waals surface area contributed by atoms with Crippen LogP contribution in [0.4, 0.5) is 4.79 Å². The van der Waals surface area contributed by atoms with Crippen LogP contribution in [0.2, 0.25) is 0 Å². The maximum Gasteiger partial charge on any atom is 0.348 e. The fraction of sp³-hybridized carbons (Fsp3) is 0. The molecule has 0 saturated heterocycles. The standard InChI is InChI=1S/C5H2N4OS/c10-5-7-3-2(1-6-9-3)4(11)8-5/h1H,(H,8,10,11). The van der Waals surface area contributed by atoms with Crippen LogP contribution in [0, 0.1) is 0 Å². The van der Waals surface area contributed by atoms with Gasteiger partial charge in [-0.3, -0.25) is 5.32 Å². The molecule has 0 atom stereocenters. The Balaban J connectivity index is 2.53. The fourth-order valence-electron chi connectivity index (χ4n) is 0.784. The van der Waals surface area contributed by atoms with E-state index in [2.05, 4.69) is 20.5 Å². The molecular weight excluding hydrogens is 164 g/mol. The zero-order valence-corrected chi connectivity index (χ0v) is 6.05. The predicted molar refractivity (Wildman–Crippen MR) is 41.5 cm³/mol. The van der Waals surface area contributed by atoms with Gasteiger partial charge in [0.2, 0.25) is 0 Å². The highest BCUT2D eigenvalue weighted by Crippen LogP contribution is 2.13. The first kappa shape index (κ1) is 6.29. The summed E-state index contributed by atoms with van der Waals surface area (Å²) in [5.41, 5.74) is 0.611. The molecule has 2 heterocycles. The van der Waals surface area contributed by atoms with Crippen molar-refractivity contribution in [2.45, 2.75) is 0 Å². The molecule has 2 amide bonds. The van der Waals surface area contributed by atoms with Gasteiger partial charge in [-0.1, -0.05) is 12.2 Å². The van der Waals surface area contributed by atoms with Crippen molar-refractivity contribution in [2.75, 3.05) is 0 Å². The summed E-state index contributed by atoms with van der Waals surface area (Å²) in [6.45, 7) is 0. The Labute approximate surface area is 66.9 Å². The number of hydrogen-bond acceptors (Lipinski definition) is 4. The van der Waals surface area contributed by atoms with E-state index in [4.69, 9.17) is 12.2 Å². The van der Waals surface area contributed by atoms with Gasteiger partial charge < -0.3 is 0 Å². The molecule has 0 aromatic carbocycles. The van der Waals surface area contributed by atoms with Crippen molar-refractivity contribution in [1.29, 1.82) is 0 Å². The Morgan fingerprint density at radius 2 is 2.36 bits per heavy atom. The average Bonchev–Trinajstić information content (AvgIpc) is 2.34. The van der Waals surface area contributed by atoms with E-state index < -0.39 is 6.03 Å². The Bertz CT molecular complexity index is 340. The van der Waals surface area contributed by atoms with Crippen LogP contribution in [0.25, 0.3) is 0 Å². The van der Waals surface area contributed by atoms with Gasteiger partial charge in [0.25, 0.3) is 0 Å². The highest BCUT2D eigenvalue weighted by molar-refractivity contribution is 7.81. The van der Waals surface area contributed by atoms with E-state index in [1.54, 1.807) is 0 Å². The van der Waals surface area contributed by atoms with Crippen molar-refractivity contribution in [3.63, 3.8) is 0 Å². The monoisotopic (exact) mass is 166 g/mol. The van der Waals surface area contributed by atoms with Crippen LogP contribution in [-0.4, -0.2) is 16.9 Å². The molecule has 0 fully saturated rings. The molecule has 2 aliphatic rings. The number of urea groups is 1. The number of nitrogens with zero attached hydrogens (tertiary/aromatic N) is 3. The van der Waals surface area contributed by atoms with Crippen LogP contribution in [0.3, 0.4) is 0 Å². The summed E-state index contributed by atoms with van der Waals surface area (Å²) in [5, 5.41) is 9.53. The molecule has 1 N–H and O–H groups in total. The smallest absolute Gasteiger partial charge is 0.296 e. The lowest BCUT2D eigenvalue weighted by molar-refractivity contribution is 0.253. The summed E-state index contributed by atoms with van der Waals surface area (Å²) in [5.74, 6) is 0.304. The molecule has 0 unspecified atom stereocenters. The van der Waals surface area contributed by atoms with Gasteiger partial charge in [0, 0.05) is 0 Å². The summed E-state index contributed by atoms with van der Waals surface area (Å²) in [7, 11) is 0. The number of rotatable bonds is 0. The van der Waals surface area contributed by atoms with Crippen LogP contribution in [-0.2, 0) is 0 Å². The van der Waals surface area contributed by atoms with Gasteiger partial charge in [-0.15, -0.1) is 5.11 Å². The molecule has 5 nitrogen and oxygen atoms in total. The third-order valence-electron chi connectivity index (χ3n) is 1.25. The third kappa shape index (κ3) is 0.874. The van der Waals surface area contributed by atoms with Gasteiger partial charge in [0.15, 0.2) is 5.84 Å². The molecule has 0 radical (unpaired) electrons. The Kier molecular flexibility index (Phi) is 1.16. The number of hydrogen-bond donors (Lipinski definition) is 1. The van der Waals surface area contributed by atoms with Crippen molar-refractivity contribution in [3.8, 4) is 0 Å². The van der Waals surface area contributed by atoms with Crippen LogP contribution < -0.4 is 5.32 Å². The number of azo groups is 1. The van der Waals surface area contributed by atoms with E-state index in [1.807, 2.05) is 0 Å². The molecule has 0 aromatic heterocycles. The minimum Gasteiger partial charge on any atom is -0.296 e. The van der Waals surface area contributed by atoms with Crippen LogP contribution in [0.15, 0.2) is 27.0 Å². The zero-order valence-electron chi connectivity index (χ0n) is 5.24. The predicted octanol–water partition coefficient (Wildman–Crippen LogP) is 0.785. The lowest BCUT2D eigenvalue weighted by atomic mass is 10.2. The van der Waals surface area contributed by atoms with Gasteiger partial charge >= 0.3 is 6.03 Å². The van der Waals surface area contributed by atoms with Crippen molar-refractivity contribution < 1.29 is 4.79 Å². The average molecular weight is 166 g/mol. The van der Waals surface area contributed by atoms with E-state index in [-0.39, 0.29) is 0 Å². The molecule has 54 valence electrons. The van der Waals surface area contributed by atoms with E-state index >= 15 is 0 Å². The fourth-order valence-corrected chi connectivity index (χ4v) is 1.02. The highest BCUT2D eigenvalue weighted by Gasteiger charge is 2.23. The van der Waals surface area contributed by atoms with Crippen LogP contribution in [0.5, 0.6) is 0 Å². The first-order valence-corrected chi connectivity index (χ1v) is 3.23. The number of carbonyl (C=O) groups excluding carboxylic acids is 1. The Morgan fingerprint density at radius 1 is 1.55 bits per heavy atom. The molecule has 0 aliphatic carbocycles. The molecule has 2 aliphatic heterocycles. The van der Waals surface area contributed by atoms with E-state index in [9.17, 15) is 4.79 Å². The number of nitrogens with one attached hydrogen (secondary N) is 1. The van der Waals surface area contributed by atoms with Crippen molar-refractivity contribution >= 4 is 29.1 Å². The summed E-state index contributed by atoms with van der Waals surface area (Å²) in [4.78, 5) is 14.6. The second-order valence-corrected chi connectivity index (χ2v) is 2.36. The number of thiocarbonyl (C=S) groups is 1. The maximum absolute atomic E-state index is 10.7. The van der Waals surface area contributed by atoms with Crippen molar-refractivity contribution in [3.05, 3.63) is 11.8 Å². The van der Waals surface area contributed by atoms with Crippen LogP contribution in [0.1, 0.15) is 0 Å². The highest BCUT2D eigenvalue weighted by atomic mass is 32.1. The van der Waals surface area contributed by atoms with Gasteiger partial charge in [-0.2, -0.15) is 10.1 Å². The number of aliphatic imine (C=N–C) groups is 1. The largest absolute Gasteiger partial charge is 0.348 e. The Hall–Kier alpha value is -1.43. The number of carbonyl (C=O) groups is 1. The SMILES string of the molecule is O=C1N=C2N=NC=C2C(=S)N1. The normalized spacial score (nSPS) is 20.7. The van der Waals surface area contributed by atoms with Gasteiger partial charge in [0.1, 0.15) is 4.99 Å². The molecule has 0 bridgehead atoms. The quantitative estimate of drug-likeness (QED) is 0.540. The topological polar surface area (TPSA) is 66.2 Å². The molecular formula is C5H2N4OS. The van der Waals surface area contributed by atoms with E-state index in [0.717, 1.165) is 0 Å². The summed E-state index contributed by atoms with van der Waals surface area (Å²) in [6.07, 6.45) is 1.47. The van der Waals surface area contributed by atoms with Crippen molar-refractivity contribution in [2.24, 2.45) is 15.2 Å². The third-order valence-corrected chi connectivity index (χ3v) is 1.57. The summed E-state index contributed by atoms with van der Waals surface area (Å²) < 4.78 is 0. The lowest BCUT2D eigenvalue weighted by Gasteiger charge is -2.08. The van der Waals surface area contributed by atoms with Gasteiger partial charge in [0.05, 0.1) is 11.8 Å². The van der Waals surface area contributed by atoms with Gasteiger partial charge in [-0.05, 0) is 0 Å². The minimum absolute atomic E-state index is 0.304. The first-order valence-electron chi connectivity index (χ1n) is 2.83.